The lowest BCUT2D eigenvalue weighted by molar-refractivity contribution is 0.160. The summed E-state index contributed by atoms with van der Waals surface area (Å²) in [6.45, 7) is 6.85. The second-order valence-electron chi connectivity index (χ2n) is 4.57. The maximum Gasteiger partial charge on any atom is 0.184 e. The van der Waals surface area contributed by atoms with Crippen molar-refractivity contribution in [1.29, 1.82) is 0 Å². The summed E-state index contributed by atoms with van der Waals surface area (Å²) in [5.41, 5.74) is 0. The van der Waals surface area contributed by atoms with Crippen LogP contribution in [0.4, 0.5) is 0 Å². The highest BCUT2D eigenvalue weighted by molar-refractivity contribution is 14.1. The molecule has 72 valence electrons. The standard InChI is InChI=1S/C9H19IOSi/c1-12(2,3)11-9-7-5-4-6-8(9)10/h8-9H,4-7H2,1-3H3. The number of hydrogen-bond donors (Lipinski definition) is 0. The molecule has 1 saturated carbocycles. The first-order chi connectivity index (χ1) is 5.49. The first-order valence-electron chi connectivity index (χ1n) is 4.81. The van der Waals surface area contributed by atoms with Crippen molar-refractivity contribution in [1.82, 2.24) is 0 Å². The average molecular weight is 298 g/mol. The Hall–Kier alpha value is 0.907. The smallest absolute Gasteiger partial charge is 0.184 e. The van der Waals surface area contributed by atoms with Gasteiger partial charge in [0.1, 0.15) is 0 Å². The summed E-state index contributed by atoms with van der Waals surface area (Å²) in [6.07, 6.45) is 5.98. The highest BCUT2D eigenvalue weighted by Gasteiger charge is 2.28. The van der Waals surface area contributed by atoms with Gasteiger partial charge in [0, 0.05) is 3.92 Å². The molecule has 1 aliphatic rings. The minimum atomic E-state index is -1.29. The van der Waals surface area contributed by atoms with E-state index in [1.165, 1.54) is 25.7 Å². The van der Waals surface area contributed by atoms with Crippen molar-refractivity contribution in [3.8, 4) is 0 Å². The Morgan fingerprint density at radius 3 is 2.25 bits per heavy atom. The molecule has 2 unspecified atom stereocenters. The molecule has 1 nitrogen and oxygen atoms in total. The molecular weight excluding hydrogens is 279 g/mol. The topological polar surface area (TPSA) is 9.23 Å². The van der Waals surface area contributed by atoms with E-state index in [0.29, 0.717) is 6.10 Å². The van der Waals surface area contributed by atoms with E-state index in [1.54, 1.807) is 0 Å². The van der Waals surface area contributed by atoms with Crippen LogP contribution in [0.15, 0.2) is 0 Å². The summed E-state index contributed by atoms with van der Waals surface area (Å²) in [5, 5.41) is 0. The largest absolute Gasteiger partial charge is 0.414 e. The fraction of sp³-hybridized carbons (Fsp3) is 1.00. The van der Waals surface area contributed by atoms with Gasteiger partial charge in [-0.05, 0) is 32.5 Å². The van der Waals surface area contributed by atoms with Crippen molar-refractivity contribution in [2.45, 2.75) is 55.4 Å². The fourth-order valence-corrected chi connectivity index (χ4v) is 4.05. The summed E-state index contributed by atoms with van der Waals surface area (Å²) in [6, 6.07) is 0. The molecule has 0 aliphatic heterocycles. The van der Waals surface area contributed by atoms with Gasteiger partial charge >= 0.3 is 0 Å². The van der Waals surface area contributed by atoms with Crippen molar-refractivity contribution in [3.05, 3.63) is 0 Å². The second-order valence-corrected chi connectivity index (χ2v) is 10.6. The summed E-state index contributed by atoms with van der Waals surface area (Å²) in [7, 11) is -1.29. The fourth-order valence-electron chi connectivity index (χ4n) is 1.64. The van der Waals surface area contributed by atoms with Crippen LogP contribution in [-0.4, -0.2) is 18.3 Å². The van der Waals surface area contributed by atoms with Gasteiger partial charge in [-0.1, -0.05) is 35.4 Å². The van der Waals surface area contributed by atoms with Crippen LogP contribution in [-0.2, 0) is 4.43 Å². The van der Waals surface area contributed by atoms with Crippen molar-refractivity contribution in [2.24, 2.45) is 0 Å². The van der Waals surface area contributed by atoms with Gasteiger partial charge in [0.25, 0.3) is 0 Å². The summed E-state index contributed by atoms with van der Waals surface area (Å²) >= 11 is 2.56. The van der Waals surface area contributed by atoms with Crippen molar-refractivity contribution in [2.75, 3.05) is 0 Å². The molecule has 0 aromatic carbocycles. The van der Waals surface area contributed by atoms with E-state index >= 15 is 0 Å². The maximum atomic E-state index is 6.12. The molecule has 0 amide bonds. The molecule has 3 heteroatoms. The predicted molar refractivity (Wildman–Crippen MR) is 64.5 cm³/mol. The molecule has 0 aromatic rings. The number of hydrogen-bond acceptors (Lipinski definition) is 1. The van der Waals surface area contributed by atoms with E-state index < -0.39 is 8.32 Å². The molecule has 0 aromatic heterocycles. The van der Waals surface area contributed by atoms with E-state index in [-0.39, 0.29) is 0 Å². The van der Waals surface area contributed by atoms with Gasteiger partial charge in [0.05, 0.1) is 6.10 Å². The highest BCUT2D eigenvalue weighted by atomic mass is 127. The first kappa shape index (κ1) is 11.0. The van der Waals surface area contributed by atoms with E-state index in [2.05, 4.69) is 42.2 Å². The monoisotopic (exact) mass is 298 g/mol. The zero-order valence-corrected chi connectivity index (χ0v) is 11.4. The van der Waals surface area contributed by atoms with E-state index in [9.17, 15) is 0 Å². The zero-order valence-electron chi connectivity index (χ0n) is 8.27. The lowest BCUT2D eigenvalue weighted by Gasteiger charge is -2.33. The maximum absolute atomic E-state index is 6.12. The molecule has 0 saturated heterocycles. The Labute approximate surface area is 90.5 Å². The molecular formula is C9H19IOSi. The van der Waals surface area contributed by atoms with Gasteiger partial charge in [-0.2, -0.15) is 0 Å². The minimum absolute atomic E-state index is 0.561. The average Bonchev–Trinajstić information content (AvgIpc) is 1.91. The molecule has 0 heterocycles. The predicted octanol–water partition coefficient (Wildman–Crippen LogP) is 3.58. The third-order valence-electron chi connectivity index (χ3n) is 2.13. The van der Waals surface area contributed by atoms with E-state index in [4.69, 9.17) is 4.43 Å². The normalized spacial score (nSPS) is 32.0. The SMILES string of the molecule is C[Si](C)(C)OC1CCCCC1I. The minimum Gasteiger partial charge on any atom is -0.414 e. The lowest BCUT2D eigenvalue weighted by Crippen LogP contribution is -2.38. The Kier molecular flexibility index (Phi) is 4.04. The van der Waals surface area contributed by atoms with Crippen LogP contribution in [0, 0.1) is 0 Å². The molecule has 0 radical (unpaired) electrons. The Bertz CT molecular complexity index is 144. The van der Waals surface area contributed by atoms with Gasteiger partial charge in [-0.15, -0.1) is 0 Å². The van der Waals surface area contributed by atoms with E-state index in [1.807, 2.05) is 0 Å². The summed E-state index contributed by atoms with van der Waals surface area (Å²) in [4.78, 5) is 0. The molecule has 2 atom stereocenters. The van der Waals surface area contributed by atoms with Gasteiger partial charge < -0.3 is 4.43 Å². The number of rotatable bonds is 2. The van der Waals surface area contributed by atoms with Crippen LogP contribution in [0.3, 0.4) is 0 Å². The Morgan fingerprint density at radius 1 is 1.17 bits per heavy atom. The van der Waals surface area contributed by atoms with Crippen molar-refractivity contribution < 1.29 is 4.43 Å². The Morgan fingerprint density at radius 2 is 1.75 bits per heavy atom. The van der Waals surface area contributed by atoms with Gasteiger partial charge in [0.15, 0.2) is 8.32 Å². The van der Waals surface area contributed by atoms with Crippen LogP contribution in [0.5, 0.6) is 0 Å². The molecule has 1 aliphatic carbocycles. The second kappa shape index (κ2) is 4.42. The van der Waals surface area contributed by atoms with Gasteiger partial charge in [-0.3, -0.25) is 0 Å². The van der Waals surface area contributed by atoms with Crippen molar-refractivity contribution in [3.63, 3.8) is 0 Å². The number of alkyl halides is 1. The molecule has 12 heavy (non-hydrogen) atoms. The van der Waals surface area contributed by atoms with Gasteiger partial charge in [-0.25, -0.2) is 0 Å². The van der Waals surface area contributed by atoms with Crippen LogP contribution in [0.1, 0.15) is 25.7 Å². The van der Waals surface area contributed by atoms with Crippen LogP contribution in [0.25, 0.3) is 0 Å². The first-order valence-corrected chi connectivity index (χ1v) is 9.46. The van der Waals surface area contributed by atoms with Crippen LogP contribution in [0.2, 0.25) is 19.6 Å². The zero-order chi connectivity index (χ0) is 9.19. The molecule has 1 fully saturated rings. The molecule has 0 spiro atoms. The molecule has 0 bridgehead atoms. The Balaban J connectivity index is 2.39. The molecule has 0 N–H and O–H groups in total. The van der Waals surface area contributed by atoms with E-state index in [0.717, 1.165) is 3.92 Å². The van der Waals surface area contributed by atoms with Crippen molar-refractivity contribution >= 4 is 30.9 Å². The van der Waals surface area contributed by atoms with Gasteiger partial charge in [0.2, 0.25) is 0 Å². The summed E-state index contributed by atoms with van der Waals surface area (Å²) < 4.78 is 6.89. The third kappa shape index (κ3) is 3.74. The molecule has 1 rings (SSSR count). The van der Waals surface area contributed by atoms with Crippen LogP contribution >= 0.6 is 22.6 Å². The van der Waals surface area contributed by atoms with Crippen LogP contribution < -0.4 is 0 Å². The third-order valence-corrected chi connectivity index (χ3v) is 4.56. The quantitative estimate of drug-likeness (QED) is 0.430. The lowest BCUT2D eigenvalue weighted by atomic mass is 9.98. The highest BCUT2D eigenvalue weighted by Crippen LogP contribution is 2.29. The summed E-state index contributed by atoms with van der Waals surface area (Å²) in [5.74, 6) is 0. The number of halogens is 1.